The highest BCUT2D eigenvalue weighted by Gasteiger charge is 2.18. The Kier molecular flexibility index (Phi) is 6.08. The van der Waals surface area contributed by atoms with Gasteiger partial charge < -0.3 is 15.7 Å². The molecule has 5 nitrogen and oxygen atoms in total. The number of hydrogen-bond donors (Lipinski definition) is 3. The average molecular weight is 300 g/mol. The van der Waals surface area contributed by atoms with E-state index in [9.17, 15) is 18.4 Å². The first-order chi connectivity index (χ1) is 9.85. The van der Waals surface area contributed by atoms with Gasteiger partial charge in [-0.05, 0) is 25.0 Å². The Labute approximate surface area is 121 Å². The van der Waals surface area contributed by atoms with Gasteiger partial charge in [-0.25, -0.2) is 13.6 Å². The molecule has 0 aliphatic rings. The molecule has 3 N–H and O–H groups in total. The monoisotopic (exact) mass is 300 g/mol. The molecular weight excluding hydrogens is 282 g/mol. The number of nitrogens with one attached hydrogen (secondary N) is 2. The smallest absolute Gasteiger partial charge is 0.319 e. The number of amides is 2. The van der Waals surface area contributed by atoms with Crippen molar-refractivity contribution in [3.8, 4) is 0 Å². The normalized spacial score (nSPS) is 11.8. The van der Waals surface area contributed by atoms with Crippen molar-refractivity contribution in [2.75, 3.05) is 5.32 Å². The molecule has 0 aliphatic carbocycles. The van der Waals surface area contributed by atoms with Crippen LogP contribution in [-0.4, -0.2) is 23.1 Å². The van der Waals surface area contributed by atoms with Gasteiger partial charge in [0.05, 0.1) is 6.42 Å². The Morgan fingerprint density at radius 2 is 2.00 bits per heavy atom. The number of halogens is 2. The molecule has 1 aromatic carbocycles. The van der Waals surface area contributed by atoms with Gasteiger partial charge in [0.1, 0.15) is 11.5 Å². The summed E-state index contributed by atoms with van der Waals surface area (Å²) < 4.78 is 27.3. The lowest BCUT2D eigenvalue weighted by Gasteiger charge is -2.17. The van der Waals surface area contributed by atoms with Crippen molar-refractivity contribution < 1.29 is 23.5 Å². The zero-order valence-electron chi connectivity index (χ0n) is 11.9. The van der Waals surface area contributed by atoms with E-state index in [1.165, 1.54) is 13.0 Å². The van der Waals surface area contributed by atoms with Crippen LogP contribution in [0, 0.1) is 18.6 Å². The molecular formula is C14H18F2N2O3. The number of carboxylic acids is 1. The molecule has 0 aliphatic heterocycles. The summed E-state index contributed by atoms with van der Waals surface area (Å²) in [6, 6.07) is 0.883. The van der Waals surface area contributed by atoms with Crippen molar-refractivity contribution in [2.45, 2.75) is 39.2 Å². The van der Waals surface area contributed by atoms with E-state index < -0.39 is 35.4 Å². The van der Waals surface area contributed by atoms with E-state index in [1.54, 1.807) is 0 Å². The summed E-state index contributed by atoms with van der Waals surface area (Å²) >= 11 is 0. The van der Waals surface area contributed by atoms with E-state index in [0.717, 1.165) is 6.07 Å². The van der Waals surface area contributed by atoms with E-state index in [4.69, 9.17) is 5.11 Å². The van der Waals surface area contributed by atoms with Crippen molar-refractivity contribution in [1.82, 2.24) is 5.32 Å². The van der Waals surface area contributed by atoms with Gasteiger partial charge in [-0.1, -0.05) is 19.4 Å². The third-order valence-corrected chi connectivity index (χ3v) is 2.92. The van der Waals surface area contributed by atoms with Crippen LogP contribution in [0.1, 0.15) is 31.7 Å². The predicted molar refractivity (Wildman–Crippen MR) is 74.2 cm³/mol. The largest absolute Gasteiger partial charge is 0.481 e. The number of carbonyl (C=O) groups is 2. The number of rotatable bonds is 6. The van der Waals surface area contributed by atoms with Gasteiger partial charge in [0.15, 0.2) is 5.82 Å². The van der Waals surface area contributed by atoms with Gasteiger partial charge >= 0.3 is 12.0 Å². The van der Waals surface area contributed by atoms with Crippen LogP contribution in [0.2, 0.25) is 0 Å². The third kappa shape index (κ3) is 5.02. The van der Waals surface area contributed by atoms with E-state index in [0.29, 0.717) is 12.8 Å². The van der Waals surface area contributed by atoms with Gasteiger partial charge in [0, 0.05) is 6.04 Å². The zero-order chi connectivity index (χ0) is 16.0. The number of carbonyl (C=O) groups excluding carboxylic acids is 1. The molecule has 1 atom stereocenters. The minimum Gasteiger partial charge on any atom is -0.481 e. The molecule has 1 aromatic rings. The van der Waals surface area contributed by atoms with Crippen LogP contribution < -0.4 is 10.6 Å². The Morgan fingerprint density at radius 3 is 2.57 bits per heavy atom. The number of anilines is 1. The third-order valence-electron chi connectivity index (χ3n) is 2.92. The summed E-state index contributed by atoms with van der Waals surface area (Å²) in [5.41, 5.74) is -0.347. The van der Waals surface area contributed by atoms with Gasteiger partial charge in [0.25, 0.3) is 0 Å². The fourth-order valence-corrected chi connectivity index (χ4v) is 1.89. The number of hydrogen-bond acceptors (Lipinski definition) is 2. The summed E-state index contributed by atoms with van der Waals surface area (Å²) in [6.45, 7) is 3.29. The minimum atomic E-state index is -1.05. The Hall–Kier alpha value is -2.18. The van der Waals surface area contributed by atoms with E-state index in [-0.39, 0.29) is 12.0 Å². The lowest BCUT2D eigenvalue weighted by molar-refractivity contribution is -0.137. The molecule has 0 heterocycles. The van der Waals surface area contributed by atoms with Crippen LogP contribution in [0.3, 0.4) is 0 Å². The maximum Gasteiger partial charge on any atom is 0.319 e. The first kappa shape index (κ1) is 16.9. The molecule has 2 amide bonds. The summed E-state index contributed by atoms with van der Waals surface area (Å²) in [5, 5.41) is 13.2. The number of benzene rings is 1. The molecule has 1 unspecified atom stereocenters. The number of carboxylic acid groups (broad SMARTS) is 1. The van der Waals surface area contributed by atoms with Crippen LogP contribution in [0.5, 0.6) is 0 Å². The molecule has 1 rings (SSSR count). The van der Waals surface area contributed by atoms with E-state index >= 15 is 0 Å². The summed E-state index contributed by atoms with van der Waals surface area (Å²) in [7, 11) is 0. The Balaban J connectivity index is 2.76. The van der Waals surface area contributed by atoms with E-state index in [1.807, 2.05) is 6.92 Å². The second-order valence-corrected chi connectivity index (χ2v) is 4.74. The average Bonchev–Trinajstić information content (AvgIpc) is 2.39. The summed E-state index contributed by atoms with van der Waals surface area (Å²) in [6.07, 6.45) is 0.879. The number of urea groups is 1. The van der Waals surface area contributed by atoms with Gasteiger partial charge in [-0.2, -0.15) is 0 Å². The molecule has 116 valence electrons. The van der Waals surface area contributed by atoms with Crippen molar-refractivity contribution in [2.24, 2.45) is 0 Å². The minimum absolute atomic E-state index is 0.197. The topological polar surface area (TPSA) is 78.4 Å². The van der Waals surface area contributed by atoms with Crippen molar-refractivity contribution >= 4 is 17.7 Å². The SMILES string of the molecule is CCCC(CC(=O)O)NC(=O)Nc1c(F)ccc(C)c1F. The second-order valence-electron chi connectivity index (χ2n) is 4.74. The second kappa shape index (κ2) is 7.56. The van der Waals surface area contributed by atoms with E-state index in [2.05, 4.69) is 10.6 Å². The van der Waals surface area contributed by atoms with Crippen molar-refractivity contribution in [1.29, 1.82) is 0 Å². The van der Waals surface area contributed by atoms with Gasteiger partial charge in [-0.15, -0.1) is 0 Å². The molecule has 0 radical (unpaired) electrons. The first-order valence-electron chi connectivity index (χ1n) is 6.59. The molecule has 0 saturated carbocycles. The predicted octanol–water partition coefficient (Wildman–Crippen LogP) is 3.04. The van der Waals surface area contributed by atoms with Gasteiger partial charge in [-0.3, -0.25) is 4.79 Å². The van der Waals surface area contributed by atoms with Crippen LogP contribution in [-0.2, 0) is 4.79 Å². The van der Waals surface area contributed by atoms with Crippen LogP contribution in [0.15, 0.2) is 12.1 Å². The lowest BCUT2D eigenvalue weighted by Crippen LogP contribution is -2.39. The summed E-state index contributed by atoms with van der Waals surface area (Å²) in [4.78, 5) is 22.4. The number of aliphatic carboxylic acids is 1. The highest BCUT2D eigenvalue weighted by Crippen LogP contribution is 2.21. The van der Waals surface area contributed by atoms with Crippen molar-refractivity contribution in [3.05, 3.63) is 29.3 Å². The van der Waals surface area contributed by atoms with Crippen LogP contribution in [0.25, 0.3) is 0 Å². The lowest BCUT2D eigenvalue weighted by atomic mass is 10.1. The highest BCUT2D eigenvalue weighted by atomic mass is 19.1. The molecule has 0 fully saturated rings. The van der Waals surface area contributed by atoms with Crippen LogP contribution >= 0.6 is 0 Å². The fraction of sp³-hybridized carbons (Fsp3) is 0.429. The number of aryl methyl sites for hydroxylation is 1. The van der Waals surface area contributed by atoms with Crippen LogP contribution in [0.4, 0.5) is 19.3 Å². The molecule has 0 bridgehead atoms. The maximum absolute atomic E-state index is 13.7. The molecule has 0 saturated heterocycles. The molecule has 0 aromatic heterocycles. The standard InChI is InChI=1S/C14H18F2N2O3/c1-3-4-9(7-11(19)20)17-14(21)18-13-10(15)6-5-8(2)12(13)16/h5-6,9H,3-4,7H2,1-2H3,(H,19,20)(H2,17,18,21). The zero-order valence-corrected chi connectivity index (χ0v) is 11.9. The quantitative estimate of drug-likeness (QED) is 0.755. The highest BCUT2D eigenvalue weighted by molar-refractivity contribution is 5.90. The van der Waals surface area contributed by atoms with Crippen molar-refractivity contribution in [3.63, 3.8) is 0 Å². The molecule has 7 heteroatoms. The Morgan fingerprint density at radius 1 is 1.33 bits per heavy atom. The maximum atomic E-state index is 13.7. The van der Waals surface area contributed by atoms with Gasteiger partial charge in [0.2, 0.25) is 0 Å². The first-order valence-corrected chi connectivity index (χ1v) is 6.59. The molecule has 0 spiro atoms. The summed E-state index contributed by atoms with van der Waals surface area (Å²) in [5.74, 6) is -2.80. The Bertz CT molecular complexity index is 535. The fourth-order valence-electron chi connectivity index (χ4n) is 1.89. The molecule has 21 heavy (non-hydrogen) atoms.